The molecule has 1 atom stereocenters. The molecule has 1 aliphatic heterocycles. The third kappa shape index (κ3) is 3.55. The number of hydrogen-bond donors (Lipinski definition) is 1. The van der Waals surface area contributed by atoms with Crippen molar-refractivity contribution in [2.75, 3.05) is 27.4 Å². The van der Waals surface area contributed by atoms with Crippen LogP contribution in [0.15, 0.2) is 46.9 Å². The molecule has 1 aromatic heterocycles. The first-order valence-electron chi connectivity index (χ1n) is 9.34. The van der Waals surface area contributed by atoms with Crippen molar-refractivity contribution in [3.05, 3.63) is 48.0 Å². The van der Waals surface area contributed by atoms with Crippen LogP contribution in [-0.4, -0.2) is 39.4 Å². The van der Waals surface area contributed by atoms with Gasteiger partial charge in [-0.25, -0.2) is 0 Å². The molecule has 6 heteroatoms. The summed E-state index contributed by atoms with van der Waals surface area (Å²) in [5.74, 6) is 1.75. The van der Waals surface area contributed by atoms with E-state index in [-0.39, 0.29) is 12.0 Å². The number of amides is 1. The molecule has 6 nitrogen and oxygen atoms in total. The second kappa shape index (κ2) is 7.94. The molecule has 1 N–H and O–H groups in total. The second-order valence-corrected chi connectivity index (χ2v) is 6.74. The Morgan fingerprint density at radius 2 is 1.86 bits per heavy atom. The standard InChI is InChI=1S/C22H23NO5/c1-25-15-7-5-14(6-8-15)21-20(22(24)23-13-17-4-3-11-27-17)18-12-16(26-2)9-10-19(18)28-21/h5-10,12,17H,3-4,11,13H2,1-2H3,(H,23,24)/t17-/m1/s1. The van der Waals surface area contributed by atoms with Gasteiger partial charge in [-0.1, -0.05) is 0 Å². The number of nitrogens with one attached hydrogen (secondary N) is 1. The molecular formula is C22H23NO5. The lowest BCUT2D eigenvalue weighted by atomic mass is 10.0. The Morgan fingerprint density at radius 3 is 2.54 bits per heavy atom. The van der Waals surface area contributed by atoms with Crippen LogP contribution in [0.3, 0.4) is 0 Å². The zero-order chi connectivity index (χ0) is 19.5. The van der Waals surface area contributed by atoms with Gasteiger partial charge < -0.3 is 23.9 Å². The van der Waals surface area contributed by atoms with E-state index in [1.807, 2.05) is 42.5 Å². The minimum absolute atomic E-state index is 0.0705. The monoisotopic (exact) mass is 381 g/mol. The number of furan rings is 1. The molecule has 4 rings (SSSR count). The van der Waals surface area contributed by atoms with E-state index in [1.54, 1.807) is 14.2 Å². The molecule has 0 saturated carbocycles. The van der Waals surface area contributed by atoms with Crippen molar-refractivity contribution in [2.45, 2.75) is 18.9 Å². The Hall–Kier alpha value is -2.99. The lowest BCUT2D eigenvalue weighted by Gasteiger charge is -2.11. The fourth-order valence-electron chi connectivity index (χ4n) is 3.48. The second-order valence-electron chi connectivity index (χ2n) is 6.74. The fourth-order valence-corrected chi connectivity index (χ4v) is 3.48. The summed E-state index contributed by atoms with van der Waals surface area (Å²) < 4.78 is 22.2. The van der Waals surface area contributed by atoms with Gasteiger partial charge in [0.1, 0.15) is 22.8 Å². The number of rotatable bonds is 6. The number of carbonyl (C=O) groups is 1. The van der Waals surface area contributed by atoms with Gasteiger partial charge in [-0.15, -0.1) is 0 Å². The number of carbonyl (C=O) groups excluding carboxylic acids is 1. The average Bonchev–Trinajstić information content (AvgIpc) is 3.39. The van der Waals surface area contributed by atoms with Crippen LogP contribution in [-0.2, 0) is 4.74 Å². The van der Waals surface area contributed by atoms with E-state index in [1.165, 1.54) is 0 Å². The van der Waals surface area contributed by atoms with Gasteiger partial charge in [-0.05, 0) is 55.3 Å². The molecule has 0 bridgehead atoms. The average molecular weight is 381 g/mol. The highest BCUT2D eigenvalue weighted by Crippen LogP contribution is 2.36. The van der Waals surface area contributed by atoms with Crippen molar-refractivity contribution >= 4 is 16.9 Å². The van der Waals surface area contributed by atoms with E-state index in [2.05, 4.69) is 5.32 Å². The Kier molecular flexibility index (Phi) is 5.21. The third-order valence-electron chi connectivity index (χ3n) is 4.99. The van der Waals surface area contributed by atoms with Crippen LogP contribution in [0.2, 0.25) is 0 Å². The summed E-state index contributed by atoms with van der Waals surface area (Å²) in [6, 6.07) is 12.9. The third-order valence-corrected chi connectivity index (χ3v) is 4.99. The van der Waals surface area contributed by atoms with Gasteiger partial charge in [0.05, 0.1) is 25.9 Å². The Balaban J connectivity index is 1.74. The minimum atomic E-state index is -0.187. The lowest BCUT2D eigenvalue weighted by Crippen LogP contribution is -2.31. The Labute approximate surface area is 163 Å². The molecule has 0 unspecified atom stereocenters. The number of methoxy groups -OCH3 is 2. The molecule has 2 aromatic carbocycles. The van der Waals surface area contributed by atoms with Crippen molar-refractivity contribution in [1.82, 2.24) is 5.32 Å². The quantitative estimate of drug-likeness (QED) is 0.698. The fraction of sp³-hybridized carbons (Fsp3) is 0.318. The predicted molar refractivity (Wildman–Crippen MR) is 106 cm³/mol. The van der Waals surface area contributed by atoms with Gasteiger partial charge >= 0.3 is 0 Å². The highest BCUT2D eigenvalue weighted by Gasteiger charge is 2.24. The molecule has 0 radical (unpaired) electrons. The minimum Gasteiger partial charge on any atom is -0.497 e. The maximum atomic E-state index is 13.1. The van der Waals surface area contributed by atoms with Crippen molar-refractivity contribution in [3.8, 4) is 22.8 Å². The summed E-state index contributed by atoms with van der Waals surface area (Å²) in [4.78, 5) is 13.1. The van der Waals surface area contributed by atoms with Crippen LogP contribution >= 0.6 is 0 Å². The summed E-state index contributed by atoms with van der Waals surface area (Å²) in [5, 5.41) is 3.72. The molecule has 1 amide bonds. The summed E-state index contributed by atoms with van der Waals surface area (Å²) in [6.45, 7) is 1.24. The van der Waals surface area contributed by atoms with Crippen LogP contribution in [0.25, 0.3) is 22.3 Å². The number of benzene rings is 2. The van der Waals surface area contributed by atoms with E-state index >= 15 is 0 Å². The predicted octanol–water partition coefficient (Wildman–Crippen LogP) is 4.03. The van der Waals surface area contributed by atoms with Crippen LogP contribution in [0.1, 0.15) is 23.2 Å². The van der Waals surface area contributed by atoms with Crippen molar-refractivity contribution < 1.29 is 23.4 Å². The van der Waals surface area contributed by atoms with Gasteiger partial charge in [0.2, 0.25) is 0 Å². The molecule has 1 saturated heterocycles. The van der Waals surface area contributed by atoms with Gasteiger partial charge in [-0.2, -0.15) is 0 Å². The molecule has 0 aliphatic carbocycles. The van der Waals surface area contributed by atoms with Crippen molar-refractivity contribution in [2.24, 2.45) is 0 Å². The number of hydrogen-bond acceptors (Lipinski definition) is 5. The molecule has 28 heavy (non-hydrogen) atoms. The van der Waals surface area contributed by atoms with Gasteiger partial charge in [-0.3, -0.25) is 4.79 Å². The van der Waals surface area contributed by atoms with E-state index < -0.39 is 0 Å². The van der Waals surface area contributed by atoms with E-state index in [4.69, 9.17) is 18.6 Å². The summed E-state index contributed by atoms with van der Waals surface area (Å²) >= 11 is 0. The Morgan fingerprint density at radius 1 is 1.11 bits per heavy atom. The smallest absolute Gasteiger partial charge is 0.255 e. The molecule has 146 valence electrons. The topological polar surface area (TPSA) is 69.9 Å². The highest BCUT2D eigenvalue weighted by atomic mass is 16.5. The van der Waals surface area contributed by atoms with Crippen molar-refractivity contribution in [3.63, 3.8) is 0 Å². The molecule has 1 fully saturated rings. The zero-order valence-electron chi connectivity index (χ0n) is 16.0. The van der Waals surface area contributed by atoms with Crippen molar-refractivity contribution in [1.29, 1.82) is 0 Å². The summed E-state index contributed by atoms with van der Waals surface area (Å²) in [7, 11) is 3.22. The Bertz CT molecular complexity index is 971. The number of fused-ring (bicyclic) bond motifs is 1. The normalized spacial score (nSPS) is 16.3. The lowest BCUT2D eigenvalue weighted by molar-refractivity contribution is 0.0859. The maximum Gasteiger partial charge on any atom is 0.255 e. The number of ether oxygens (including phenoxy) is 3. The first-order chi connectivity index (χ1) is 13.7. The van der Waals surface area contributed by atoms with Gasteiger partial charge in [0, 0.05) is 24.1 Å². The first kappa shape index (κ1) is 18.4. The van der Waals surface area contributed by atoms with Crippen LogP contribution in [0.5, 0.6) is 11.5 Å². The van der Waals surface area contributed by atoms with Gasteiger partial charge in [0.25, 0.3) is 5.91 Å². The first-order valence-corrected chi connectivity index (χ1v) is 9.34. The van der Waals surface area contributed by atoms with Crippen LogP contribution < -0.4 is 14.8 Å². The van der Waals surface area contributed by atoms with Crippen LogP contribution in [0.4, 0.5) is 0 Å². The highest BCUT2D eigenvalue weighted by molar-refractivity contribution is 6.11. The van der Waals surface area contributed by atoms with Crippen LogP contribution in [0, 0.1) is 0 Å². The van der Waals surface area contributed by atoms with Gasteiger partial charge in [0.15, 0.2) is 0 Å². The van der Waals surface area contributed by atoms with E-state index in [0.29, 0.717) is 29.2 Å². The zero-order valence-corrected chi connectivity index (χ0v) is 16.0. The summed E-state index contributed by atoms with van der Waals surface area (Å²) in [6.07, 6.45) is 2.07. The molecule has 0 spiro atoms. The van der Waals surface area contributed by atoms with E-state index in [9.17, 15) is 4.79 Å². The largest absolute Gasteiger partial charge is 0.497 e. The molecule has 3 aromatic rings. The molecular weight excluding hydrogens is 358 g/mol. The SMILES string of the molecule is COc1ccc(-c2oc3ccc(OC)cc3c2C(=O)NC[C@H]2CCCO2)cc1. The van der Waals surface area contributed by atoms with E-state index in [0.717, 1.165) is 36.1 Å². The molecule has 1 aliphatic rings. The summed E-state index contributed by atoms with van der Waals surface area (Å²) in [5.41, 5.74) is 1.93. The molecule has 2 heterocycles. The maximum absolute atomic E-state index is 13.1.